The van der Waals surface area contributed by atoms with Gasteiger partial charge in [-0.05, 0) is 38.1 Å². The highest BCUT2D eigenvalue weighted by Gasteiger charge is 2.49. The van der Waals surface area contributed by atoms with E-state index < -0.39 is 0 Å². The van der Waals surface area contributed by atoms with Crippen LogP contribution in [0.1, 0.15) is 52.4 Å². The Kier molecular flexibility index (Phi) is 5.60. The highest BCUT2D eigenvalue weighted by molar-refractivity contribution is 5.79. The molecule has 0 radical (unpaired) electrons. The number of amides is 1. The minimum absolute atomic E-state index is 0.117. The molecule has 0 bridgehead atoms. The molecule has 2 heterocycles. The van der Waals surface area contributed by atoms with Crippen LogP contribution in [0.4, 0.5) is 0 Å². The molecule has 3 rings (SSSR count). The van der Waals surface area contributed by atoms with Crippen LogP contribution in [0.5, 0.6) is 0 Å². The van der Waals surface area contributed by atoms with Gasteiger partial charge in [0.25, 0.3) is 0 Å². The minimum Gasteiger partial charge on any atom is -0.356 e. The van der Waals surface area contributed by atoms with Crippen molar-refractivity contribution < 1.29 is 14.3 Å². The van der Waals surface area contributed by atoms with Gasteiger partial charge in [0.05, 0.1) is 19.1 Å². The summed E-state index contributed by atoms with van der Waals surface area (Å²) < 4.78 is 11.9. The van der Waals surface area contributed by atoms with Crippen LogP contribution in [0.3, 0.4) is 0 Å². The van der Waals surface area contributed by atoms with E-state index in [4.69, 9.17) is 9.47 Å². The molecule has 5 heteroatoms. The van der Waals surface area contributed by atoms with Crippen LogP contribution in [0.15, 0.2) is 0 Å². The molecule has 2 aliphatic heterocycles. The number of ether oxygens (including phenoxy) is 2. The third-order valence-electron chi connectivity index (χ3n) is 5.69. The summed E-state index contributed by atoms with van der Waals surface area (Å²) in [6.07, 6.45) is 6.21. The van der Waals surface area contributed by atoms with Gasteiger partial charge in [-0.3, -0.25) is 9.69 Å². The summed E-state index contributed by atoms with van der Waals surface area (Å²) >= 11 is 0. The zero-order valence-electron chi connectivity index (χ0n) is 14.7. The largest absolute Gasteiger partial charge is 0.356 e. The van der Waals surface area contributed by atoms with Crippen molar-refractivity contribution in [3.8, 4) is 0 Å². The van der Waals surface area contributed by atoms with Crippen LogP contribution in [-0.2, 0) is 14.3 Å². The number of hydrogen-bond donors (Lipinski definition) is 1. The predicted octanol–water partition coefficient (Wildman–Crippen LogP) is 2.16. The smallest absolute Gasteiger partial charge is 0.224 e. The first-order valence-corrected chi connectivity index (χ1v) is 9.47. The Hall–Kier alpha value is -0.650. The van der Waals surface area contributed by atoms with Gasteiger partial charge in [-0.2, -0.15) is 0 Å². The first-order valence-electron chi connectivity index (χ1n) is 9.47. The average molecular weight is 324 g/mol. The van der Waals surface area contributed by atoms with E-state index in [1.165, 1.54) is 0 Å². The number of carbonyl (C=O) groups is 1. The van der Waals surface area contributed by atoms with Gasteiger partial charge in [-0.25, -0.2) is 0 Å². The molecule has 5 nitrogen and oxygen atoms in total. The number of carbonyl (C=O) groups excluding carboxylic acids is 1. The lowest BCUT2D eigenvalue weighted by atomic mass is 9.72. The number of fused-ring (bicyclic) bond motifs is 1. The lowest BCUT2D eigenvalue weighted by Crippen LogP contribution is -2.57. The van der Waals surface area contributed by atoms with Crippen molar-refractivity contribution in [1.29, 1.82) is 0 Å². The standard InChI is InChI=1S/C18H32N2O3/c1-3-7-19-17(21)15-11-14-12-18(22-9-10-23-18)6-5-16(14)20(13-15)8-4-2/h14-16H,3-13H2,1-2H3,(H,19,21)/t14-,15-,16-/m1/s1. The number of rotatable bonds is 5. The average Bonchev–Trinajstić information content (AvgIpc) is 3.00. The van der Waals surface area contributed by atoms with Crippen molar-refractivity contribution >= 4 is 5.91 Å². The van der Waals surface area contributed by atoms with Gasteiger partial charge < -0.3 is 14.8 Å². The van der Waals surface area contributed by atoms with Gasteiger partial charge in [0.15, 0.2) is 5.79 Å². The fraction of sp³-hybridized carbons (Fsp3) is 0.944. The van der Waals surface area contributed by atoms with Gasteiger partial charge >= 0.3 is 0 Å². The van der Waals surface area contributed by atoms with Crippen LogP contribution < -0.4 is 5.32 Å². The van der Waals surface area contributed by atoms with Crippen molar-refractivity contribution in [3.05, 3.63) is 0 Å². The maximum Gasteiger partial charge on any atom is 0.224 e. The molecule has 0 aromatic heterocycles. The lowest BCUT2D eigenvalue weighted by molar-refractivity contribution is -0.203. The maximum atomic E-state index is 12.5. The molecular weight excluding hydrogens is 292 g/mol. The first kappa shape index (κ1) is 17.2. The third-order valence-corrected chi connectivity index (χ3v) is 5.69. The van der Waals surface area contributed by atoms with Crippen LogP contribution in [0.2, 0.25) is 0 Å². The molecule has 23 heavy (non-hydrogen) atoms. The van der Waals surface area contributed by atoms with Crippen LogP contribution in [0.25, 0.3) is 0 Å². The van der Waals surface area contributed by atoms with Crippen molar-refractivity contribution in [3.63, 3.8) is 0 Å². The summed E-state index contributed by atoms with van der Waals surface area (Å²) in [7, 11) is 0. The molecule has 0 aromatic rings. The number of nitrogens with zero attached hydrogens (tertiary/aromatic N) is 1. The molecule has 2 saturated heterocycles. The van der Waals surface area contributed by atoms with Crippen molar-refractivity contribution in [2.45, 2.75) is 64.2 Å². The molecule has 0 aromatic carbocycles. The molecule has 1 saturated carbocycles. The van der Waals surface area contributed by atoms with Gasteiger partial charge in [-0.1, -0.05) is 13.8 Å². The van der Waals surface area contributed by atoms with Crippen molar-refractivity contribution in [1.82, 2.24) is 10.2 Å². The number of hydrogen-bond acceptors (Lipinski definition) is 4. The molecule has 1 N–H and O–H groups in total. The van der Waals surface area contributed by atoms with Gasteiger partial charge in [-0.15, -0.1) is 0 Å². The van der Waals surface area contributed by atoms with Gasteiger partial charge in [0.1, 0.15) is 0 Å². The molecule has 1 amide bonds. The van der Waals surface area contributed by atoms with Crippen molar-refractivity contribution in [2.24, 2.45) is 11.8 Å². The molecule has 3 aliphatic rings. The summed E-state index contributed by atoms with van der Waals surface area (Å²) in [5.41, 5.74) is 0. The summed E-state index contributed by atoms with van der Waals surface area (Å²) in [5.74, 6) is 0.519. The fourth-order valence-corrected chi connectivity index (χ4v) is 4.71. The third kappa shape index (κ3) is 3.72. The Morgan fingerprint density at radius 2 is 2.04 bits per heavy atom. The number of likely N-dealkylation sites (tertiary alicyclic amines) is 1. The topological polar surface area (TPSA) is 50.8 Å². The molecule has 1 spiro atoms. The Morgan fingerprint density at radius 1 is 1.26 bits per heavy atom. The second kappa shape index (κ2) is 7.49. The Bertz CT molecular complexity index is 409. The van der Waals surface area contributed by atoms with Crippen LogP contribution in [0, 0.1) is 11.8 Å². The van der Waals surface area contributed by atoms with Crippen LogP contribution >= 0.6 is 0 Å². The van der Waals surface area contributed by atoms with E-state index in [1.54, 1.807) is 0 Å². The van der Waals surface area contributed by atoms with E-state index in [1.807, 2.05) is 0 Å². The van der Waals surface area contributed by atoms with Gasteiger partial charge in [0, 0.05) is 32.0 Å². The molecule has 3 atom stereocenters. The second-order valence-electron chi connectivity index (χ2n) is 7.40. The van der Waals surface area contributed by atoms with E-state index in [0.717, 1.165) is 71.4 Å². The summed E-state index contributed by atoms with van der Waals surface area (Å²) in [6.45, 7) is 8.55. The number of nitrogens with one attached hydrogen (secondary N) is 1. The van der Waals surface area contributed by atoms with E-state index in [-0.39, 0.29) is 17.6 Å². The maximum absolute atomic E-state index is 12.5. The summed E-state index contributed by atoms with van der Waals surface area (Å²) in [6, 6.07) is 0.601. The molecular formula is C18H32N2O3. The van der Waals surface area contributed by atoms with E-state index >= 15 is 0 Å². The van der Waals surface area contributed by atoms with Crippen molar-refractivity contribution in [2.75, 3.05) is 32.8 Å². The predicted molar refractivity (Wildman–Crippen MR) is 89.0 cm³/mol. The molecule has 3 fully saturated rings. The Balaban J connectivity index is 1.68. The quantitative estimate of drug-likeness (QED) is 0.842. The summed E-state index contributed by atoms with van der Waals surface area (Å²) in [4.78, 5) is 15.1. The Labute approximate surface area is 140 Å². The Morgan fingerprint density at radius 3 is 2.74 bits per heavy atom. The van der Waals surface area contributed by atoms with Gasteiger partial charge in [0.2, 0.25) is 5.91 Å². The zero-order chi connectivity index (χ0) is 16.3. The lowest BCUT2D eigenvalue weighted by Gasteiger charge is -2.50. The van der Waals surface area contributed by atoms with Crippen LogP contribution in [-0.4, -0.2) is 55.5 Å². The fourth-order valence-electron chi connectivity index (χ4n) is 4.71. The second-order valence-corrected chi connectivity index (χ2v) is 7.40. The van der Waals surface area contributed by atoms with E-state index in [2.05, 4.69) is 24.1 Å². The molecule has 0 unspecified atom stereocenters. The minimum atomic E-state index is -0.346. The highest BCUT2D eigenvalue weighted by atomic mass is 16.7. The monoisotopic (exact) mass is 324 g/mol. The highest BCUT2D eigenvalue weighted by Crippen LogP contribution is 2.45. The molecule has 132 valence electrons. The van der Waals surface area contributed by atoms with E-state index in [9.17, 15) is 4.79 Å². The number of piperidine rings is 1. The normalized spacial score (nSPS) is 33.6. The first-order chi connectivity index (χ1) is 11.2. The zero-order valence-corrected chi connectivity index (χ0v) is 14.7. The van der Waals surface area contributed by atoms with E-state index in [0.29, 0.717) is 12.0 Å². The molecule has 1 aliphatic carbocycles. The summed E-state index contributed by atoms with van der Waals surface area (Å²) in [5, 5.41) is 3.09. The SMILES string of the molecule is CCCNC(=O)[C@@H]1C[C@@H]2CC3(CC[C@H]2N(CCC)C1)OCCO3.